The molecule has 1 aromatic carbocycles. The van der Waals surface area contributed by atoms with Crippen molar-refractivity contribution in [1.82, 2.24) is 10.2 Å². The van der Waals surface area contributed by atoms with Gasteiger partial charge in [-0.15, -0.1) is 12.4 Å². The van der Waals surface area contributed by atoms with Gasteiger partial charge in [-0.1, -0.05) is 25.0 Å². The highest BCUT2D eigenvalue weighted by Gasteiger charge is 2.44. The zero-order chi connectivity index (χ0) is 17.9. The molecule has 148 valence electrons. The molecule has 0 amide bonds. The van der Waals surface area contributed by atoms with Crippen LogP contribution in [0.5, 0.6) is 5.75 Å². The summed E-state index contributed by atoms with van der Waals surface area (Å²) in [6.45, 7) is 3.77. The summed E-state index contributed by atoms with van der Waals surface area (Å²) in [5, 5.41) is 3.34. The Kier molecular flexibility index (Phi) is 7.55. The molecule has 1 N–H and O–H groups in total. The molecule has 0 radical (unpaired) electrons. The quantitative estimate of drug-likeness (QED) is 0.717. The summed E-state index contributed by atoms with van der Waals surface area (Å²) >= 11 is 0. The predicted octanol–water partition coefficient (Wildman–Crippen LogP) is 4.48. The maximum absolute atomic E-state index is 13.0. The minimum atomic E-state index is -4.47. The summed E-state index contributed by atoms with van der Waals surface area (Å²) < 4.78 is 54.8. The maximum atomic E-state index is 13.0. The Hall–Kier alpha value is -1.05. The average molecular weight is 397 g/mol. The molecular weight excluding hydrogens is 372 g/mol. The van der Waals surface area contributed by atoms with Crippen molar-refractivity contribution in [3.05, 3.63) is 29.8 Å². The van der Waals surface area contributed by atoms with Crippen LogP contribution in [0.4, 0.5) is 17.6 Å². The van der Waals surface area contributed by atoms with Crippen molar-refractivity contribution in [2.45, 2.75) is 44.3 Å². The van der Waals surface area contributed by atoms with Crippen LogP contribution < -0.4 is 10.1 Å². The summed E-state index contributed by atoms with van der Waals surface area (Å²) in [4.78, 5) is 2.44. The molecule has 3 rings (SSSR count). The van der Waals surface area contributed by atoms with Gasteiger partial charge in [-0.3, -0.25) is 4.90 Å². The second-order valence-corrected chi connectivity index (χ2v) is 6.81. The first-order valence-corrected chi connectivity index (χ1v) is 8.87. The van der Waals surface area contributed by atoms with Crippen LogP contribution in [-0.4, -0.2) is 43.6 Å². The number of piperazine rings is 1. The smallest absolute Gasteiger partial charge is 0.428 e. The molecule has 1 heterocycles. The molecule has 26 heavy (non-hydrogen) atoms. The molecule has 8 heteroatoms. The number of ether oxygens (including phenoxy) is 1. The Balaban J connectivity index is 0.00000243. The first-order valence-electron chi connectivity index (χ1n) is 8.87. The van der Waals surface area contributed by atoms with Crippen LogP contribution in [0.2, 0.25) is 0 Å². The summed E-state index contributed by atoms with van der Waals surface area (Å²) in [6.07, 6.45) is -3.55. The van der Waals surface area contributed by atoms with Gasteiger partial charge in [0.05, 0.1) is 0 Å². The fourth-order valence-electron chi connectivity index (χ4n) is 3.95. The zero-order valence-corrected chi connectivity index (χ0v) is 15.3. The van der Waals surface area contributed by atoms with Crippen molar-refractivity contribution in [1.29, 1.82) is 0 Å². The molecule has 1 aromatic rings. The van der Waals surface area contributed by atoms with Crippen LogP contribution in [0.3, 0.4) is 0 Å². The van der Waals surface area contributed by atoms with Gasteiger partial charge in [0.2, 0.25) is 0 Å². The van der Waals surface area contributed by atoms with E-state index in [0.29, 0.717) is 5.92 Å². The molecule has 1 atom stereocenters. The third-order valence-corrected chi connectivity index (χ3v) is 5.12. The minimum Gasteiger partial charge on any atom is -0.428 e. The third-order valence-electron chi connectivity index (χ3n) is 5.12. The van der Waals surface area contributed by atoms with Crippen molar-refractivity contribution in [3.63, 3.8) is 0 Å². The molecule has 0 aromatic heterocycles. The molecule has 2 fully saturated rings. The fourth-order valence-corrected chi connectivity index (χ4v) is 3.95. The molecule has 2 aliphatic rings. The molecule has 1 aliphatic heterocycles. The molecule has 3 nitrogen and oxygen atoms in total. The first kappa shape index (κ1) is 21.3. The minimum absolute atomic E-state index is 0. The lowest BCUT2D eigenvalue weighted by atomic mass is 9.89. The Morgan fingerprint density at radius 2 is 1.62 bits per heavy atom. The van der Waals surface area contributed by atoms with E-state index in [1.54, 1.807) is 12.1 Å². The van der Waals surface area contributed by atoms with Gasteiger partial charge in [0.15, 0.2) is 0 Å². The Morgan fingerprint density at radius 1 is 1.04 bits per heavy atom. The van der Waals surface area contributed by atoms with Crippen molar-refractivity contribution in [3.8, 4) is 5.75 Å². The Morgan fingerprint density at radius 3 is 2.15 bits per heavy atom. The second-order valence-electron chi connectivity index (χ2n) is 6.81. The molecule has 1 aliphatic carbocycles. The van der Waals surface area contributed by atoms with Crippen LogP contribution in [0.15, 0.2) is 24.3 Å². The summed E-state index contributed by atoms with van der Waals surface area (Å²) in [5.41, 5.74) is 1.04. The van der Waals surface area contributed by atoms with E-state index in [2.05, 4.69) is 15.0 Å². The Bertz CT molecular complexity index is 547. The predicted molar refractivity (Wildman–Crippen MR) is 94.4 cm³/mol. The van der Waals surface area contributed by atoms with Gasteiger partial charge in [-0.05, 0) is 36.5 Å². The fraction of sp³-hybridized carbons (Fsp3) is 0.667. The molecular formula is C18H25ClF4N2O. The van der Waals surface area contributed by atoms with Crippen molar-refractivity contribution >= 4 is 12.4 Å². The number of halogens is 5. The van der Waals surface area contributed by atoms with Gasteiger partial charge in [0.1, 0.15) is 5.75 Å². The highest BCUT2D eigenvalue weighted by Crippen LogP contribution is 2.40. The van der Waals surface area contributed by atoms with Crippen LogP contribution in [0.1, 0.15) is 37.3 Å². The highest BCUT2D eigenvalue weighted by atomic mass is 35.5. The van der Waals surface area contributed by atoms with Gasteiger partial charge in [0.25, 0.3) is 0 Å². The summed E-state index contributed by atoms with van der Waals surface area (Å²) in [7, 11) is 0. The summed E-state index contributed by atoms with van der Waals surface area (Å²) in [5.74, 6) is 0.312. The van der Waals surface area contributed by atoms with Crippen molar-refractivity contribution in [2.24, 2.45) is 5.92 Å². The number of hydrogen-bond acceptors (Lipinski definition) is 3. The zero-order valence-electron chi connectivity index (χ0n) is 14.5. The molecule has 1 saturated heterocycles. The van der Waals surface area contributed by atoms with E-state index < -0.39 is 12.5 Å². The van der Waals surface area contributed by atoms with E-state index in [-0.39, 0.29) is 24.2 Å². The van der Waals surface area contributed by atoms with Gasteiger partial charge in [-0.2, -0.15) is 17.6 Å². The number of hydrogen-bond donors (Lipinski definition) is 1. The van der Waals surface area contributed by atoms with Crippen LogP contribution in [0, 0.1) is 5.92 Å². The number of alkyl halides is 4. The molecule has 1 saturated carbocycles. The van der Waals surface area contributed by atoms with Crippen LogP contribution >= 0.6 is 12.4 Å². The lowest BCUT2D eigenvalue weighted by molar-refractivity contribution is -0.253. The van der Waals surface area contributed by atoms with Gasteiger partial charge < -0.3 is 10.1 Å². The van der Waals surface area contributed by atoms with Gasteiger partial charge >= 0.3 is 12.5 Å². The Labute approximate surface area is 157 Å². The number of nitrogens with one attached hydrogen (secondary N) is 1. The van der Waals surface area contributed by atoms with E-state index in [1.807, 2.05) is 0 Å². The number of rotatable bonds is 6. The second kappa shape index (κ2) is 9.24. The molecule has 0 unspecified atom stereocenters. The van der Waals surface area contributed by atoms with Crippen molar-refractivity contribution in [2.75, 3.05) is 26.2 Å². The van der Waals surface area contributed by atoms with E-state index in [0.717, 1.165) is 44.6 Å². The van der Waals surface area contributed by atoms with Crippen LogP contribution in [-0.2, 0) is 0 Å². The normalized spacial score (nSPS) is 20.8. The summed E-state index contributed by atoms with van der Waals surface area (Å²) in [6, 6.07) is 6.46. The lowest BCUT2D eigenvalue weighted by Gasteiger charge is -2.38. The van der Waals surface area contributed by atoms with E-state index >= 15 is 0 Å². The third kappa shape index (κ3) is 5.02. The standard InChI is InChI=1S/C18H24F4N2O.ClH/c19-17(20)18(21,22)25-15-7-5-14(6-8-15)16(13-3-1-2-4-13)24-11-9-23-10-12-24;/h5-8,13,16-17,23H,1-4,9-12H2;1H/t16-;/m1./s1. The lowest BCUT2D eigenvalue weighted by Crippen LogP contribution is -2.46. The van der Waals surface area contributed by atoms with Gasteiger partial charge in [-0.25, -0.2) is 0 Å². The van der Waals surface area contributed by atoms with E-state index in [1.165, 1.54) is 25.0 Å². The average Bonchev–Trinajstić information content (AvgIpc) is 3.11. The monoisotopic (exact) mass is 396 g/mol. The van der Waals surface area contributed by atoms with Gasteiger partial charge in [0, 0.05) is 32.2 Å². The van der Waals surface area contributed by atoms with Crippen molar-refractivity contribution < 1.29 is 22.3 Å². The van der Waals surface area contributed by atoms with E-state index in [4.69, 9.17) is 0 Å². The first-order chi connectivity index (χ1) is 12.0. The number of benzene rings is 1. The largest absolute Gasteiger partial charge is 0.461 e. The molecule has 0 spiro atoms. The topological polar surface area (TPSA) is 24.5 Å². The maximum Gasteiger partial charge on any atom is 0.461 e. The van der Waals surface area contributed by atoms with E-state index in [9.17, 15) is 17.6 Å². The van der Waals surface area contributed by atoms with Crippen LogP contribution in [0.25, 0.3) is 0 Å². The highest BCUT2D eigenvalue weighted by molar-refractivity contribution is 5.85. The molecule has 0 bridgehead atoms. The number of nitrogens with zero attached hydrogens (tertiary/aromatic N) is 1. The SMILES string of the molecule is Cl.FC(F)C(F)(F)Oc1ccc([C@@H](C2CCCC2)N2CCNCC2)cc1.